The van der Waals surface area contributed by atoms with Crippen molar-refractivity contribution in [1.82, 2.24) is 20.3 Å². The highest BCUT2D eigenvalue weighted by atomic mass is 32.1. The predicted molar refractivity (Wildman–Crippen MR) is 112 cm³/mol. The summed E-state index contributed by atoms with van der Waals surface area (Å²) in [6.07, 6.45) is 5.14. The quantitative estimate of drug-likeness (QED) is 0.491. The summed E-state index contributed by atoms with van der Waals surface area (Å²) in [6, 6.07) is 13.3. The van der Waals surface area contributed by atoms with Gasteiger partial charge in [0, 0.05) is 40.8 Å². The third-order valence-corrected chi connectivity index (χ3v) is 5.14. The van der Waals surface area contributed by atoms with Crippen molar-refractivity contribution in [2.45, 2.75) is 12.8 Å². The van der Waals surface area contributed by atoms with Crippen LogP contribution >= 0.6 is 11.3 Å². The molecule has 3 heterocycles. The Bertz CT molecular complexity index is 1100. The van der Waals surface area contributed by atoms with Crippen LogP contribution in [0.15, 0.2) is 60.2 Å². The molecule has 0 fully saturated rings. The average Bonchev–Trinajstić information content (AvgIpc) is 3.16. The van der Waals surface area contributed by atoms with Crippen molar-refractivity contribution >= 4 is 33.3 Å². The van der Waals surface area contributed by atoms with Crippen LogP contribution in [0.5, 0.6) is 0 Å². The molecule has 7 heteroatoms. The van der Waals surface area contributed by atoms with Gasteiger partial charge in [0.05, 0.1) is 16.9 Å². The zero-order valence-electron chi connectivity index (χ0n) is 15.1. The fourth-order valence-corrected chi connectivity index (χ4v) is 3.62. The van der Waals surface area contributed by atoms with Crippen LogP contribution in [0, 0.1) is 0 Å². The second-order valence-corrected chi connectivity index (χ2v) is 7.23. The lowest BCUT2D eigenvalue weighted by Crippen LogP contribution is -2.24. The molecule has 3 N–H and O–H groups in total. The number of thiazole rings is 1. The van der Waals surface area contributed by atoms with Gasteiger partial charge >= 0.3 is 0 Å². The number of nitrogen functional groups attached to an aromatic ring is 1. The lowest BCUT2D eigenvalue weighted by molar-refractivity contribution is 0.0953. The third-order valence-electron chi connectivity index (χ3n) is 4.41. The lowest BCUT2D eigenvalue weighted by atomic mass is 10.0. The number of rotatable bonds is 6. The van der Waals surface area contributed by atoms with E-state index in [1.807, 2.05) is 47.8 Å². The SMILES string of the molecule is Nc1nc(CCCNC(=O)c2ccc(-c3nccc4ncccc34)cc2)cs1. The summed E-state index contributed by atoms with van der Waals surface area (Å²) in [4.78, 5) is 25.4. The Morgan fingerprint density at radius 2 is 1.93 bits per heavy atom. The highest BCUT2D eigenvalue weighted by molar-refractivity contribution is 7.13. The van der Waals surface area contributed by atoms with E-state index in [2.05, 4.69) is 20.3 Å². The van der Waals surface area contributed by atoms with Gasteiger partial charge in [-0.1, -0.05) is 12.1 Å². The van der Waals surface area contributed by atoms with Crippen molar-refractivity contribution in [3.63, 3.8) is 0 Å². The van der Waals surface area contributed by atoms with Gasteiger partial charge in [0.1, 0.15) is 0 Å². The number of carbonyl (C=O) groups excluding carboxylic acids is 1. The Balaban J connectivity index is 1.39. The average molecular weight is 389 g/mol. The summed E-state index contributed by atoms with van der Waals surface area (Å²) in [7, 11) is 0. The minimum absolute atomic E-state index is 0.0862. The summed E-state index contributed by atoms with van der Waals surface area (Å²) in [5.41, 5.74) is 9.93. The highest BCUT2D eigenvalue weighted by Crippen LogP contribution is 2.25. The molecule has 3 aromatic heterocycles. The molecule has 0 saturated heterocycles. The lowest BCUT2D eigenvalue weighted by Gasteiger charge is -2.07. The largest absolute Gasteiger partial charge is 0.375 e. The first-order valence-corrected chi connectivity index (χ1v) is 9.87. The van der Waals surface area contributed by atoms with Gasteiger partial charge < -0.3 is 11.1 Å². The number of anilines is 1. The molecule has 0 aliphatic carbocycles. The molecule has 140 valence electrons. The van der Waals surface area contributed by atoms with E-state index in [-0.39, 0.29) is 5.91 Å². The Hall–Kier alpha value is -3.32. The van der Waals surface area contributed by atoms with Gasteiger partial charge in [-0.2, -0.15) is 0 Å². The van der Waals surface area contributed by atoms with Gasteiger partial charge in [-0.3, -0.25) is 14.8 Å². The number of aryl methyl sites for hydroxylation is 1. The zero-order chi connectivity index (χ0) is 19.3. The van der Waals surface area contributed by atoms with Crippen molar-refractivity contribution in [2.24, 2.45) is 0 Å². The Morgan fingerprint density at radius 3 is 2.71 bits per heavy atom. The van der Waals surface area contributed by atoms with Crippen molar-refractivity contribution in [3.05, 3.63) is 71.5 Å². The smallest absolute Gasteiger partial charge is 0.251 e. The van der Waals surface area contributed by atoms with Gasteiger partial charge in [0.25, 0.3) is 5.91 Å². The van der Waals surface area contributed by atoms with Crippen LogP contribution < -0.4 is 11.1 Å². The predicted octanol–water partition coefficient (Wildman–Crippen LogP) is 3.70. The van der Waals surface area contributed by atoms with Crippen LogP contribution in [0.25, 0.3) is 22.2 Å². The van der Waals surface area contributed by atoms with Gasteiger partial charge in [-0.25, -0.2) is 4.98 Å². The molecule has 0 atom stereocenters. The van der Waals surface area contributed by atoms with Crippen LogP contribution in [-0.4, -0.2) is 27.4 Å². The molecular weight excluding hydrogens is 370 g/mol. The molecule has 0 aliphatic heterocycles. The van der Waals surface area contributed by atoms with E-state index < -0.39 is 0 Å². The number of nitrogens with one attached hydrogen (secondary N) is 1. The molecule has 6 nitrogen and oxygen atoms in total. The van der Waals surface area contributed by atoms with Crippen LogP contribution in [0.2, 0.25) is 0 Å². The number of hydrogen-bond donors (Lipinski definition) is 2. The van der Waals surface area contributed by atoms with E-state index in [4.69, 9.17) is 5.73 Å². The Morgan fingerprint density at radius 1 is 1.07 bits per heavy atom. The molecule has 4 aromatic rings. The maximum Gasteiger partial charge on any atom is 0.251 e. The van der Waals surface area contributed by atoms with Crippen LogP contribution in [0.1, 0.15) is 22.5 Å². The number of pyridine rings is 2. The minimum Gasteiger partial charge on any atom is -0.375 e. The fourth-order valence-electron chi connectivity index (χ4n) is 3.02. The van der Waals surface area contributed by atoms with Crippen LogP contribution in [0.4, 0.5) is 5.13 Å². The first kappa shape index (κ1) is 18.1. The summed E-state index contributed by atoms with van der Waals surface area (Å²) in [5, 5.41) is 6.47. The summed E-state index contributed by atoms with van der Waals surface area (Å²) in [5.74, 6) is -0.0862. The molecule has 28 heavy (non-hydrogen) atoms. The molecule has 4 rings (SSSR count). The van der Waals surface area contributed by atoms with E-state index in [1.54, 1.807) is 12.4 Å². The molecule has 1 amide bonds. The molecule has 0 bridgehead atoms. The molecule has 1 aromatic carbocycles. The Labute approximate surface area is 166 Å². The summed E-state index contributed by atoms with van der Waals surface area (Å²) >= 11 is 1.44. The highest BCUT2D eigenvalue weighted by Gasteiger charge is 2.09. The first-order chi connectivity index (χ1) is 13.7. The maximum atomic E-state index is 12.3. The van der Waals surface area contributed by atoms with E-state index in [1.165, 1.54) is 11.3 Å². The van der Waals surface area contributed by atoms with Gasteiger partial charge in [-0.15, -0.1) is 11.3 Å². The summed E-state index contributed by atoms with van der Waals surface area (Å²) in [6.45, 7) is 0.592. The van der Waals surface area contributed by atoms with E-state index in [0.717, 1.165) is 40.7 Å². The first-order valence-electron chi connectivity index (χ1n) is 8.99. The van der Waals surface area contributed by atoms with Crippen LogP contribution in [-0.2, 0) is 6.42 Å². The van der Waals surface area contributed by atoms with Gasteiger partial charge in [0.2, 0.25) is 0 Å². The fraction of sp³-hybridized carbons (Fsp3) is 0.143. The normalized spacial score (nSPS) is 10.9. The molecule has 0 spiro atoms. The number of hydrogen-bond acceptors (Lipinski definition) is 6. The van der Waals surface area contributed by atoms with Crippen molar-refractivity contribution in [2.75, 3.05) is 12.3 Å². The standard InChI is InChI=1S/C21H19N5OS/c22-21-26-16(13-28-21)3-1-11-25-20(27)15-7-5-14(6-8-15)19-17-4-2-10-23-18(17)9-12-24-19/h2,4-10,12-13H,1,3,11H2,(H2,22,26)(H,25,27). The third kappa shape index (κ3) is 3.99. The molecular formula is C21H19N5OS. The number of benzene rings is 1. The maximum absolute atomic E-state index is 12.3. The van der Waals surface area contributed by atoms with Crippen molar-refractivity contribution < 1.29 is 4.79 Å². The minimum atomic E-state index is -0.0862. The van der Waals surface area contributed by atoms with Crippen molar-refractivity contribution in [1.29, 1.82) is 0 Å². The number of nitrogens with zero attached hydrogens (tertiary/aromatic N) is 3. The zero-order valence-corrected chi connectivity index (χ0v) is 15.9. The van der Waals surface area contributed by atoms with Gasteiger partial charge in [-0.05, 0) is 43.2 Å². The second-order valence-electron chi connectivity index (χ2n) is 6.34. The van der Waals surface area contributed by atoms with E-state index in [9.17, 15) is 4.79 Å². The number of carbonyl (C=O) groups is 1. The van der Waals surface area contributed by atoms with E-state index >= 15 is 0 Å². The second kappa shape index (κ2) is 8.14. The monoisotopic (exact) mass is 389 g/mol. The van der Waals surface area contributed by atoms with Crippen LogP contribution in [0.3, 0.4) is 0 Å². The summed E-state index contributed by atoms with van der Waals surface area (Å²) < 4.78 is 0. The number of aromatic nitrogens is 3. The molecule has 0 radical (unpaired) electrons. The molecule has 0 saturated carbocycles. The van der Waals surface area contributed by atoms with Crippen molar-refractivity contribution in [3.8, 4) is 11.3 Å². The van der Waals surface area contributed by atoms with E-state index in [0.29, 0.717) is 17.2 Å². The Kier molecular flexibility index (Phi) is 5.25. The number of fused-ring (bicyclic) bond motifs is 1. The molecule has 0 unspecified atom stereocenters. The number of nitrogens with two attached hydrogens (primary N) is 1. The topological polar surface area (TPSA) is 93.8 Å². The van der Waals surface area contributed by atoms with Gasteiger partial charge in [0.15, 0.2) is 5.13 Å². The number of amides is 1. The molecule has 0 aliphatic rings.